The molecule has 6 nitrogen and oxygen atoms in total. The molecule has 0 saturated heterocycles. The van der Waals surface area contributed by atoms with Crippen LogP contribution in [0.2, 0.25) is 0 Å². The van der Waals surface area contributed by atoms with E-state index in [2.05, 4.69) is 25.3 Å². The van der Waals surface area contributed by atoms with Gasteiger partial charge >= 0.3 is 0 Å². The maximum absolute atomic E-state index is 14.8. The number of aromatic nitrogens is 5. The quantitative estimate of drug-likeness (QED) is 0.520. The summed E-state index contributed by atoms with van der Waals surface area (Å²) in [5, 5.41) is 3.82. The summed E-state index contributed by atoms with van der Waals surface area (Å²) in [7, 11) is 0. The zero-order valence-corrected chi connectivity index (χ0v) is 16.2. The highest BCUT2D eigenvalue weighted by atomic mass is 19.1. The first-order valence-electron chi connectivity index (χ1n) is 9.93. The second kappa shape index (κ2) is 6.79. The van der Waals surface area contributed by atoms with Crippen molar-refractivity contribution < 1.29 is 8.78 Å². The van der Waals surface area contributed by atoms with Crippen molar-refractivity contribution in [1.29, 1.82) is 0 Å². The average molecular weight is 396 g/mol. The fourth-order valence-corrected chi connectivity index (χ4v) is 4.14. The number of pyridine rings is 1. The van der Waals surface area contributed by atoms with Gasteiger partial charge in [-0.15, -0.1) is 0 Å². The highest BCUT2D eigenvalue weighted by molar-refractivity contribution is 5.93. The molecule has 0 aliphatic heterocycles. The van der Waals surface area contributed by atoms with Crippen molar-refractivity contribution in [2.75, 3.05) is 11.9 Å². The van der Waals surface area contributed by atoms with E-state index >= 15 is 0 Å². The van der Waals surface area contributed by atoms with Gasteiger partial charge < -0.3 is 14.7 Å². The molecule has 0 aromatic carbocycles. The van der Waals surface area contributed by atoms with Gasteiger partial charge in [-0.2, -0.15) is 4.98 Å². The van der Waals surface area contributed by atoms with Gasteiger partial charge in [0, 0.05) is 47.0 Å². The molecule has 0 unspecified atom stereocenters. The van der Waals surface area contributed by atoms with Crippen LogP contribution in [0.1, 0.15) is 37.8 Å². The summed E-state index contributed by atoms with van der Waals surface area (Å²) in [4.78, 5) is 16.0. The Balaban J connectivity index is 1.44. The molecule has 5 rings (SSSR count). The number of nitrogens with one attached hydrogen (secondary N) is 2. The summed E-state index contributed by atoms with van der Waals surface area (Å²) in [6.45, 7) is 2.09. The van der Waals surface area contributed by atoms with Crippen LogP contribution < -0.4 is 5.32 Å². The predicted molar refractivity (Wildman–Crippen MR) is 108 cm³/mol. The second-order valence-corrected chi connectivity index (χ2v) is 7.89. The van der Waals surface area contributed by atoms with Crippen molar-refractivity contribution >= 4 is 22.6 Å². The van der Waals surface area contributed by atoms with Gasteiger partial charge in [0.05, 0.1) is 6.54 Å². The number of anilines is 1. The number of hydrogen-bond acceptors (Lipinski definition) is 4. The number of rotatable bonds is 4. The van der Waals surface area contributed by atoms with Crippen LogP contribution in [0.4, 0.5) is 14.7 Å². The summed E-state index contributed by atoms with van der Waals surface area (Å²) in [6, 6.07) is 1.46. The number of aryl methyl sites for hydroxylation is 1. The maximum atomic E-state index is 14.8. The van der Waals surface area contributed by atoms with E-state index in [-0.39, 0.29) is 12.4 Å². The molecule has 1 fully saturated rings. The number of halogens is 2. The number of imidazole rings is 1. The molecule has 0 bridgehead atoms. The van der Waals surface area contributed by atoms with E-state index in [1.165, 1.54) is 6.07 Å². The summed E-state index contributed by atoms with van der Waals surface area (Å²) in [5.74, 6) is 0.00506. The summed E-state index contributed by atoms with van der Waals surface area (Å²) in [5.41, 5.74) is 2.10. The van der Waals surface area contributed by atoms with Crippen LogP contribution >= 0.6 is 0 Å². The Morgan fingerprint density at radius 1 is 1.21 bits per heavy atom. The molecule has 1 aliphatic rings. The molecule has 0 radical (unpaired) electrons. The van der Waals surface area contributed by atoms with Crippen molar-refractivity contribution in [1.82, 2.24) is 24.3 Å². The number of hydrogen-bond donors (Lipinski definition) is 2. The second-order valence-electron chi connectivity index (χ2n) is 7.89. The summed E-state index contributed by atoms with van der Waals surface area (Å²) in [6.07, 6.45) is 11.1. The largest absolute Gasteiger partial charge is 0.351 e. The van der Waals surface area contributed by atoms with Crippen LogP contribution in [-0.2, 0) is 0 Å². The lowest BCUT2D eigenvalue weighted by atomic mass is 9.86. The minimum Gasteiger partial charge on any atom is -0.351 e. The van der Waals surface area contributed by atoms with E-state index in [1.807, 2.05) is 13.1 Å². The van der Waals surface area contributed by atoms with Gasteiger partial charge in [0.2, 0.25) is 5.95 Å². The molecular formula is C21H22F2N6. The van der Waals surface area contributed by atoms with E-state index in [0.717, 1.165) is 35.9 Å². The monoisotopic (exact) mass is 396 g/mol. The van der Waals surface area contributed by atoms with Crippen molar-refractivity contribution in [3.05, 3.63) is 42.4 Å². The Labute approximate surface area is 166 Å². The fourth-order valence-electron chi connectivity index (χ4n) is 4.14. The van der Waals surface area contributed by atoms with Gasteiger partial charge in [0.15, 0.2) is 11.5 Å². The van der Waals surface area contributed by atoms with Gasteiger partial charge in [-0.1, -0.05) is 19.3 Å². The topological polar surface area (TPSA) is 70.9 Å². The molecule has 29 heavy (non-hydrogen) atoms. The lowest BCUT2D eigenvalue weighted by molar-refractivity contribution is 0.122. The third-order valence-electron chi connectivity index (χ3n) is 5.80. The van der Waals surface area contributed by atoms with Crippen molar-refractivity contribution in [3.63, 3.8) is 0 Å². The molecule has 8 heteroatoms. The molecular weight excluding hydrogens is 374 g/mol. The summed E-state index contributed by atoms with van der Waals surface area (Å²) < 4.78 is 31.0. The SMILES string of the molecule is Cc1cnc2c(F)cc(-c3c[nH]c4nc(NCC5(F)CCCCC5)ncc34)cn12. The molecule has 4 aromatic rings. The number of nitrogens with zero attached hydrogens (tertiary/aromatic N) is 4. The molecule has 2 N–H and O–H groups in total. The highest BCUT2D eigenvalue weighted by Gasteiger charge is 2.31. The van der Waals surface area contributed by atoms with Gasteiger partial charge in [0.1, 0.15) is 11.3 Å². The van der Waals surface area contributed by atoms with Crippen LogP contribution in [0.5, 0.6) is 0 Å². The number of fused-ring (bicyclic) bond motifs is 2. The number of alkyl halides is 1. The van der Waals surface area contributed by atoms with Crippen LogP contribution in [0.3, 0.4) is 0 Å². The minimum atomic E-state index is -1.19. The molecule has 0 spiro atoms. The van der Waals surface area contributed by atoms with Crippen molar-refractivity contribution in [2.45, 2.75) is 44.7 Å². The molecule has 4 aromatic heterocycles. The number of H-pyrrole nitrogens is 1. The lowest BCUT2D eigenvalue weighted by Crippen LogP contribution is -2.34. The molecule has 150 valence electrons. The van der Waals surface area contributed by atoms with Gasteiger partial charge in [-0.25, -0.2) is 18.7 Å². The molecule has 0 atom stereocenters. The Hall–Kier alpha value is -3.03. The van der Waals surface area contributed by atoms with E-state index < -0.39 is 5.67 Å². The molecule has 0 amide bonds. The lowest BCUT2D eigenvalue weighted by Gasteiger charge is -2.29. The molecule has 4 heterocycles. The third kappa shape index (κ3) is 3.22. The van der Waals surface area contributed by atoms with Gasteiger partial charge in [0.25, 0.3) is 0 Å². The van der Waals surface area contributed by atoms with Crippen molar-refractivity contribution in [3.8, 4) is 11.1 Å². The van der Waals surface area contributed by atoms with E-state index in [0.29, 0.717) is 35.6 Å². The first-order chi connectivity index (χ1) is 14.0. The standard InChI is InChI=1S/C21H22F2N6/c1-13-8-25-19-17(22)7-14(11-29(13)19)15-9-24-18-16(15)10-26-20(28-18)27-12-21(23)5-3-2-4-6-21/h7-11H,2-6,12H2,1H3,(H2,24,26,27,28). The van der Waals surface area contributed by atoms with Crippen LogP contribution in [0.25, 0.3) is 27.8 Å². The van der Waals surface area contributed by atoms with E-state index in [4.69, 9.17) is 0 Å². The van der Waals surface area contributed by atoms with Gasteiger partial charge in [-0.05, 0) is 25.8 Å². The van der Waals surface area contributed by atoms with Crippen LogP contribution in [0.15, 0.2) is 30.9 Å². The zero-order valence-electron chi connectivity index (χ0n) is 16.2. The van der Waals surface area contributed by atoms with Crippen LogP contribution in [-0.4, -0.2) is 36.6 Å². The third-order valence-corrected chi connectivity index (χ3v) is 5.80. The average Bonchev–Trinajstić information content (AvgIpc) is 3.31. The Morgan fingerprint density at radius 3 is 2.86 bits per heavy atom. The Bertz CT molecular complexity index is 1190. The normalized spacial score (nSPS) is 16.5. The predicted octanol–water partition coefficient (Wildman–Crippen LogP) is 4.80. The molecule has 1 saturated carbocycles. The van der Waals surface area contributed by atoms with Crippen LogP contribution in [0, 0.1) is 12.7 Å². The Morgan fingerprint density at radius 2 is 2.03 bits per heavy atom. The van der Waals surface area contributed by atoms with Gasteiger partial charge in [-0.3, -0.25) is 0 Å². The van der Waals surface area contributed by atoms with E-state index in [1.54, 1.807) is 23.0 Å². The number of aromatic amines is 1. The first-order valence-corrected chi connectivity index (χ1v) is 9.93. The first kappa shape index (κ1) is 18.0. The smallest absolute Gasteiger partial charge is 0.224 e. The fraction of sp³-hybridized carbons (Fsp3) is 0.381. The zero-order chi connectivity index (χ0) is 20.0. The summed E-state index contributed by atoms with van der Waals surface area (Å²) >= 11 is 0. The minimum absolute atomic E-state index is 0.216. The molecule has 1 aliphatic carbocycles. The van der Waals surface area contributed by atoms with Crippen molar-refractivity contribution in [2.24, 2.45) is 0 Å². The van der Waals surface area contributed by atoms with E-state index in [9.17, 15) is 8.78 Å². The Kier molecular flexibility index (Phi) is 4.22. The maximum Gasteiger partial charge on any atom is 0.224 e. The highest BCUT2D eigenvalue weighted by Crippen LogP contribution is 2.32.